The SMILES string of the molecule is CCN(CC)Cc1ccccc1NCc1cccc(O)c1. The van der Waals surface area contributed by atoms with Crippen LogP contribution in [-0.4, -0.2) is 23.1 Å². The van der Waals surface area contributed by atoms with Crippen LogP contribution in [0.1, 0.15) is 25.0 Å². The molecule has 112 valence electrons. The summed E-state index contributed by atoms with van der Waals surface area (Å²) < 4.78 is 0. The molecule has 0 radical (unpaired) electrons. The minimum Gasteiger partial charge on any atom is -0.508 e. The zero-order valence-corrected chi connectivity index (χ0v) is 12.8. The molecule has 0 aliphatic heterocycles. The van der Waals surface area contributed by atoms with Gasteiger partial charge in [-0.3, -0.25) is 4.90 Å². The lowest BCUT2D eigenvalue weighted by Gasteiger charge is -2.20. The van der Waals surface area contributed by atoms with Crippen molar-refractivity contribution in [3.05, 3.63) is 59.7 Å². The van der Waals surface area contributed by atoms with Gasteiger partial charge >= 0.3 is 0 Å². The largest absolute Gasteiger partial charge is 0.508 e. The maximum atomic E-state index is 9.51. The van der Waals surface area contributed by atoms with Crippen LogP contribution >= 0.6 is 0 Å². The van der Waals surface area contributed by atoms with Crippen LogP contribution in [0.2, 0.25) is 0 Å². The Balaban J connectivity index is 2.06. The Hall–Kier alpha value is -2.00. The van der Waals surface area contributed by atoms with E-state index < -0.39 is 0 Å². The molecule has 0 saturated heterocycles. The van der Waals surface area contributed by atoms with E-state index in [0.29, 0.717) is 12.3 Å². The Morgan fingerprint density at radius 2 is 1.76 bits per heavy atom. The molecule has 21 heavy (non-hydrogen) atoms. The Labute approximate surface area is 127 Å². The molecule has 0 unspecified atom stereocenters. The molecule has 0 heterocycles. The average molecular weight is 284 g/mol. The van der Waals surface area contributed by atoms with Crippen LogP contribution in [0.3, 0.4) is 0 Å². The standard InChI is InChI=1S/C18H24N2O/c1-3-20(4-2)14-16-9-5-6-11-18(16)19-13-15-8-7-10-17(21)12-15/h5-12,19,21H,3-4,13-14H2,1-2H3. The molecule has 0 saturated carbocycles. The molecule has 2 aromatic carbocycles. The van der Waals surface area contributed by atoms with Crippen LogP contribution in [0.5, 0.6) is 5.75 Å². The molecule has 3 nitrogen and oxygen atoms in total. The predicted octanol–water partition coefficient (Wildman–Crippen LogP) is 3.85. The number of rotatable bonds is 7. The van der Waals surface area contributed by atoms with E-state index in [0.717, 1.165) is 30.9 Å². The maximum absolute atomic E-state index is 9.51. The number of hydrogen-bond donors (Lipinski definition) is 2. The number of aromatic hydroxyl groups is 1. The Kier molecular flexibility index (Phi) is 5.64. The second-order valence-electron chi connectivity index (χ2n) is 5.14. The van der Waals surface area contributed by atoms with Gasteiger partial charge in [-0.25, -0.2) is 0 Å². The molecular weight excluding hydrogens is 260 g/mol. The van der Waals surface area contributed by atoms with Gasteiger partial charge in [0.25, 0.3) is 0 Å². The third kappa shape index (κ3) is 4.50. The molecule has 0 spiro atoms. The van der Waals surface area contributed by atoms with Crippen molar-refractivity contribution in [1.82, 2.24) is 4.90 Å². The van der Waals surface area contributed by atoms with Gasteiger partial charge in [0.1, 0.15) is 5.75 Å². The fourth-order valence-corrected chi connectivity index (χ4v) is 2.38. The first-order chi connectivity index (χ1) is 10.2. The van der Waals surface area contributed by atoms with Gasteiger partial charge < -0.3 is 10.4 Å². The summed E-state index contributed by atoms with van der Waals surface area (Å²) >= 11 is 0. The molecule has 2 aromatic rings. The summed E-state index contributed by atoms with van der Waals surface area (Å²) in [5, 5.41) is 13.0. The summed E-state index contributed by atoms with van der Waals surface area (Å²) in [6, 6.07) is 15.8. The molecule has 2 N–H and O–H groups in total. The number of para-hydroxylation sites is 1. The lowest BCUT2D eigenvalue weighted by Crippen LogP contribution is -2.22. The van der Waals surface area contributed by atoms with Crippen LogP contribution in [0.4, 0.5) is 5.69 Å². The van der Waals surface area contributed by atoms with Gasteiger partial charge in [-0.1, -0.05) is 44.2 Å². The van der Waals surface area contributed by atoms with E-state index in [1.54, 1.807) is 12.1 Å². The number of nitrogens with zero attached hydrogens (tertiary/aromatic N) is 1. The second kappa shape index (κ2) is 7.70. The summed E-state index contributed by atoms with van der Waals surface area (Å²) in [6.07, 6.45) is 0. The topological polar surface area (TPSA) is 35.5 Å². The fourth-order valence-electron chi connectivity index (χ4n) is 2.38. The lowest BCUT2D eigenvalue weighted by molar-refractivity contribution is 0.296. The normalized spacial score (nSPS) is 10.8. The summed E-state index contributed by atoms with van der Waals surface area (Å²) in [7, 11) is 0. The molecule has 2 rings (SSSR count). The van der Waals surface area contributed by atoms with E-state index in [2.05, 4.69) is 48.3 Å². The van der Waals surface area contributed by atoms with E-state index in [1.807, 2.05) is 12.1 Å². The number of hydrogen-bond acceptors (Lipinski definition) is 3. The first kappa shape index (κ1) is 15.4. The molecule has 0 atom stereocenters. The number of phenolic OH excluding ortho intramolecular Hbond substituents is 1. The highest BCUT2D eigenvalue weighted by Crippen LogP contribution is 2.19. The highest BCUT2D eigenvalue weighted by atomic mass is 16.3. The Morgan fingerprint density at radius 3 is 2.48 bits per heavy atom. The van der Waals surface area contributed by atoms with Gasteiger partial charge in [0.05, 0.1) is 0 Å². The van der Waals surface area contributed by atoms with E-state index >= 15 is 0 Å². The molecule has 0 aliphatic carbocycles. The molecular formula is C18H24N2O. The third-order valence-electron chi connectivity index (χ3n) is 3.70. The van der Waals surface area contributed by atoms with Crippen molar-refractivity contribution in [2.45, 2.75) is 26.9 Å². The maximum Gasteiger partial charge on any atom is 0.115 e. The first-order valence-corrected chi connectivity index (χ1v) is 7.55. The summed E-state index contributed by atoms with van der Waals surface area (Å²) in [6.45, 7) is 8.15. The number of nitrogens with one attached hydrogen (secondary N) is 1. The van der Waals surface area contributed by atoms with Gasteiger partial charge in [0.15, 0.2) is 0 Å². The van der Waals surface area contributed by atoms with Crippen LogP contribution < -0.4 is 5.32 Å². The molecule has 0 aliphatic rings. The zero-order valence-electron chi connectivity index (χ0n) is 12.8. The Morgan fingerprint density at radius 1 is 1.00 bits per heavy atom. The van der Waals surface area contributed by atoms with E-state index in [9.17, 15) is 5.11 Å². The van der Waals surface area contributed by atoms with Crippen molar-refractivity contribution in [3.63, 3.8) is 0 Å². The summed E-state index contributed by atoms with van der Waals surface area (Å²) in [5.74, 6) is 0.311. The van der Waals surface area contributed by atoms with Crippen molar-refractivity contribution in [2.24, 2.45) is 0 Å². The van der Waals surface area contributed by atoms with Crippen LogP contribution in [-0.2, 0) is 13.1 Å². The lowest BCUT2D eigenvalue weighted by atomic mass is 10.1. The fraction of sp³-hybridized carbons (Fsp3) is 0.333. The third-order valence-corrected chi connectivity index (χ3v) is 3.70. The number of benzene rings is 2. The van der Waals surface area contributed by atoms with Crippen LogP contribution in [0.15, 0.2) is 48.5 Å². The van der Waals surface area contributed by atoms with E-state index in [-0.39, 0.29) is 0 Å². The smallest absolute Gasteiger partial charge is 0.115 e. The van der Waals surface area contributed by atoms with Gasteiger partial charge in [0.2, 0.25) is 0 Å². The van der Waals surface area contributed by atoms with Gasteiger partial charge in [-0.2, -0.15) is 0 Å². The minimum absolute atomic E-state index is 0.311. The monoisotopic (exact) mass is 284 g/mol. The minimum atomic E-state index is 0.311. The number of anilines is 1. The first-order valence-electron chi connectivity index (χ1n) is 7.55. The average Bonchev–Trinajstić information content (AvgIpc) is 2.51. The second-order valence-corrected chi connectivity index (χ2v) is 5.14. The highest BCUT2D eigenvalue weighted by molar-refractivity contribution is 5.51. The molecule has 0 aromatic heterocycles. The van der Waals surface area contributed by atoms with Crippen molar-refractivity contribution >= 4 is 5.69 Å². The van der Waals surface area contributed by atoms with Gasteiger partial charge in [-0.15, -0.1) is 0 Å². The van der Waals surface area contributed by atoms with Crippen molar-refractivity contribution in [3.8, 4) is 5.75 Å². The highest BCUT2D eigenvalue weighted by Gasteiger charge is 2.06. The molecule has 0 fully saturated rings. The molecule has 0 amide bonds. The molecule has 3 heteroatoms. The zero-order chi connectivity index (χ0) is 15.1. The van der Waals surface area contributed by atoms with Gasteiger partial charge in [-0.05, 0) is 42.4 Å². The quantitative estimate of drug-likeness (QED) is 0.810. The van der Waals surface area contributed by atoms with Crippen LogP contribution in [0.25, 0.3) is 0 Å². The van der Waals surface area contributed by atoms with Crippen molar-refractivity contribution in [2.75, 3.05) is 18.4 Å². The van der Waals surface area contributed by atoms with Gasteiger partial charge in [0, 0.05) is 18.8 Å². The van der Waals surface area contributed by atoms with E-state index in [1.165, 1.54) is 5.56 Å². The summed E-state index contributed by atoms with van der Waals surface area (Å²) in [5.41, 5.74) is 3.54. The molecule has 0 bridgehead atoms. The Bertz CT molecular complexity index is 565. The number of phenols is 1. The van der Waals surface area contributed by atoms with Crippen molar-refractivity contribution < 1.29 is 5.11 Å². The predicted molar refractivity (Wildman–Crippen MR) is 88.5 cm³/mol. The van der Waals surface area contributed by atoms with Crippen LogP contribution in [0, 0.1) is 0 Å². The van der Waals surface area contributed by atoms with E-state index in [4.69, 9.17) is 0 Å². The summed E-state index contributed by atoms with van der Waals surface area (Å²) in [4.78, 5) is 2.40. The van der Waals surface area contributed by atoms with Crippen molar-refractivity contribution in [1.29, 1.82) is 0 Å².